The van der Waals surface area contributed by atoms with Crippen LogP contribution in [0.5, 0.6) is 5.75 Å². The highest BCUT2D eigenvalue weighted by Gasteiger charge is 2.13. The van der Waals surface area contributed by atoms with E-state index < -0.39 is 0 Å². The molecule has 7 heteroatoms. The summed E-state index contributed by atoms with van der Waals surface area (Å²) >= 11 is 0. The number of aliphatic imine (C=N–C) groups is 1. The molecule has 0 saturated carbocycles. The highest BCUT2D eigenvalue weighted by molar-refractivity contribution is 14.0. The number of guanidine groups is 1. The largest absolute Gasteiger partial charge is 0.497 e. The van der Waals surface area contributed by atoms with Gasteiger partial charge in [-0.15, -0.1) is 24.0 Å². The Morgan fingerprint density at radius 3 is 2.60 bits per heavy atom. The first-order valence-electron chi connectivity index (χ1n) is 11.0. The Kier molecular flexibility index (Phi) is 14.9. The summed E-state index contributed by atoms with van der Waals surface area (Å²) in [5.41, 5.74) is 1.33. The number of ether oxygens (including phenoxy) is 3. The van der Waals surface area contributed by atoms with Crippen molar-refractivity contribution in [3.63, 3.8) is 0 Å². The smallest absolute Gasteiger partial charge is 0.191 e. The van der Waals surface area contributed by atoms with Crippen LogP contribution in [0.2, 0.25) is 0 Å². The molecular weight excluding hydrogens is 493 g/mol. The van der Waals surface area contributed by atoms with Crippen LogP contribution in [0.15, 0.2) is 29.3 Å². The fourth-order valence-corrected chi connectivity index (χ4v) is 3.37. The second kappa shape index (κ2) is 16.6. The van der Waals surface area contributed by atoms with Crippen molar-refractivity contribution in [1.29, 1.82) is 0 Å². The Labute approximate surface area is 199 Å². The quantitative estimate of drug-likeness (QED) is 0.183. The molecule has 1 aliphatic rings. The summed E-state index contributed by atoms with van der Waals surface area (Å²) in [6.45, 7) is 10.3. The second-order valence-electron chi connectivity index (χ2n) is 7.63. The zero-order valence-corrected chi connectivity index (χ0v) is 21.2. The van der Waals surface area contributed by atoms with Crippen LogP contribution in [0.3, 0.4) is 0 Å². The number of rotatable bonds is 12. The maximum Gasteiger partial charge on any atom is 0.191 e. The van der Waals surface area contributed by atoms with Gasteiger partial charge in [0.1, 0.15) is 5.75 Å². The SMILES string of the molecule is CCNC(=NCCCOCC1CCOCC1)NCCC(C)c1ccc(OC)cc1.I. The van der Waals surface area contributed by atoms with Gasteiger partial charge in [0.2, 0.25) is 0 Å². The topological polar surface area (TPSA) is 64.1 Å². The molecule has 0 aliphatic carbocycles. The lowest BCUT2D eigenvalue weighted by atomic mass is 9.98. The molecule has 1 fully saturated rings. The van der Waals surface area contributed by atoms with Crippen molar-refractivity contribution >= 4 is 29.9 Å². The average molecular weight is 533 g/mol. The second-order valence-corrected chi connectivity index (χ2v) is 7.63. The lowest BCUT2D eigenvalue weighted by molar-refractivity contribution is 0.0205. The van der Waals surface area contributed by atoms with Gasteiger partial charge in [-0.25, -0.2) is 0 Å². The van der Waals surface area contributed by atoms with E-state index in [1.54, 1.807) is 7.11 Å². The molecule has 0 aromatic heterocycles. The Morgan fingerprint density at radius 1 is 1.20 bits per heavy atom. The lowest BCUT2D eigenvalue weighted by Crippen LogP contribution is -2.38. The monoisotopic (exact) mass is 533 g/mol. The van der Waals surface area contributed by atoms with Crippen molar-refractivity contribution in [2.75, 3.05) is 53.2 Å². The highest BCUT2D eigenvalue weighted by atomic mass is 127. The fraction of sp³-hybridized carbons (Fsp3) is 0.696. The first-order valence-corrected chi connectivity index (χ1v) is 11.0. The van der Waals surface area contributed by atoms with Crippen LogP contribution in [0.25, 0.3) is 0 Å². The van der Waals surface area contributed by atoms with Crippen molar-refractivity contribution in [2.45, 2.75) is 45.4 Å². The normalized spacial score (nSPS) is 15.9. The van der Waals surface area contributed by atoms with Crippen LogP contribution in [-0.2, 0) is 9.47 Å². The first-order chi connectivity index (χ1) is 14.2. The minimum atomic E-state index is 0. The van der Waals surface area contributed by atoms with E-state index in [0.717, 1.165) is 83.5 Å². The van der Waals surface area contributed by atoms with Gasteiger partial charge in [0.15, 0.2) is 5.96 Å². The summed E-state index contributed by atoms with van der Waals surface area (Å²) < 4.78 is 16.4. The lowest BCUT2D eigenvalue weighted by Gasteiger charge is -2.21. The Hall–Kier alpha value is -1.06. The highest BCUT2D eigenvalue weighted by Crippen LogP contribution is 2.21. The van der Waals surface area contributed by atoms with Gasteiger partial charge >= 0.3 is 0 Å². The standard InChI is InChI=1S/C23H39N3O3.HI/c1-4-24-23(25-13-5-15-29-18-20-11-16-28-17-12-20)26-14-10-19(2)21-6-8-22(27-3)9-7-21;/h6-9,19-20H,4-5,10-18H2,1-3H3,(H2,24,25,26);1H. The Bertz CT molecular complexity index is 578. The number of methoxy groups -OCH3 is 1. The van der Waals surface area contributed by atoms with Gasteiger partial charge in [-0.2, -0.15) is 0 Å². The number of hydrogen-bond donors (Lipinski definition) is 2. The first kappa shape index (κ1) is 27.0. The number of nitrogens with one attached hydrogen (secondary N) is 2. The minimum absolute atomic E-state index is 0. The van der Waals surface area contributed by atoms with E-state index in [4.69, 9.17) is 14.2 Å². The number of nitrogens with zero attached hydrogens (tertiary/aromatic N) is 1. The van der Waals surface area contributed by atoms with Gasteiger partial charge in [0, 0.05) is 46.1 Å². The molecule has 172 valence electrons. The summed E-state index contributed by atoms with van der Waals surface area (Å²) in [5, 5.41) is 6.77. The molecule has 1 unspecified atom stereocenters. The third-order valence-electron chi connectivity index (χ3n) is 5.31. The van der Waals surface area contributed by atoms with Crippen LogP contribution in [-0.4, -0.2) is 59.1 Å². The molecule has 0 bridgehead atoms. The van der Waals surface area contributed by atoms with Gasteiger partial charge in [0.05, 0.1) is 7.11 Å². The molecule has 30 heavy (non-hydrogen) atoms. The molecule has 2 N–H and O–H groups in total. The number of halogens is 1. The maximum atomic E-state index is 5.82. The minimum Gasteiger partial charge on any atom is -0.497 e. The zero-order chi connectivity index (χ0) is 20.7. The molecule has 0 spiro atoms. The van der Waals surface area contributed by atoms with Crippen LogP contribution in [0.4, 0.5) is 0 Å². The van der Waals surface area contributed by atoms with E-state index in [1.807, 2.05) is 12.1 Å². The molecule has 1 atom stereocenters. The molecule has 6 nitrogen and oxygen atoms in total. The molecule has 2 rings (SSSR count). The van der Waals surface area contributed by atoms with Crippen molar-refractivity contribution in [1.82, 2.24) is 10.6 Å². The summed E-state index contributed by atoms with van der Waals surface area (Å²) in [7, 11) is 1.70. The molecule has 0 amide bonds. The molecule has 1 heterocycles. The molecule has 1 aromatic carbocycles. The maximum absolute atomic E-state index is 5.82. The number of benzene rings is 1. The van der Waals surface area contributed by atoms with E-state index in [2.05, 4.69) is 41.6 Å². The van der Waals surface area contributed by atoms with Gasteiger partial charge in [0.25, 0.3) is 0 Å². The summed E-state index contributed by atoms with van der Waals surface area (Å²) in [4.78, 5) is 4.67. The predicted molar refractivity (Wildman–Crippen MR) is 134 cm³/mol. The van der Waals surface area contributed by atoms with Gasteiger partial charge in [-0.3, -0.25) is 4.99 Å². The predicted octanol–water partition coefficient (Wildman–Crippen LogP) is 4.20. The van der Waals surface area contributed by atoms with Crippen molar-refractivity contribution in [3.8, 4) is 5.75 Å². The molecule has 0 radical (unpaired) electrons. The van der Waals surface area contributed by atoms with Crippen molar-refractivity contribution in [2.24, 2.45) is 10.9 Å². The van der Waals surface area contributed by atoms with Crippen LogP contribution >= 0.6 is 24.0 Å². The Balaban J connectivity index is 0.00000450. The Morgan fingerprint density at radius 2 is 1.93 bits per heavy atom. The zero-order valence-electron chi connectivity index (χ0n) is 18.8. The van der Waals surface area contributed by atoms with Crippen LogP contribution in [0.1, 0.15) is 51.0 Å². The van der Waals surface area contributed by atoms with E-state index in [-0.39, 0.29) is 24.0 Å². The molecule has 1 saturated heterocycles. The molecular formula is C23H40IN3O3. The third-order valence-corrected chi connectivity index (χ3v) is 5.31. The summed E-state index contributed by atoms with van der Waals surface area (Å²) in [5.74, 6) is 2.94. The number of hydrogen-bond acceptors (Lipinski definition) is 4. The van der Waals surface area contributed by atoms with Gasteiger partial charge < -0.3 is 24.8 Å². The summed E-state index contributed by atoms with van der Waals surface area (Å²) in [6, 6.07) is 8.33. The summed E-state index contributed by atoms with van der Waals surface area (Å²) in [6.07, 6.45) is 4.25. The van der Waals surface area contributed by atoms with Crippen molar-refractivity contribution in [3.05, 3.63) is 29.8 Å². The van der Waals surface area contributed by atoms with E-state index in [9.17, 15) is 0 Å². The molecule has 1 aliphatic heterocycles. The van der Waals surface area contributed by atoms with Crippen molar-refractivity contribution < 1.29 is 14.2 Å². The van der Waals surface area contributed by atoms with Crippen LogP contribution < -0.4 is 15.4 Å². The average Bonchev–Trinajstić information content (AvgIpc) is 2.76. The van der Waals surface area contributed by atoms with E-state index >= 15 is 0 Å². The van der Waals surface area contributed by atoms with Gasteiger partial charge in [-0.1, -0.05) is 19.1 Å². The van der Waals surface area contributed by atoms with Crippen LogP contribution in [0, 0.1) is 5.92 Å². The van der Waals surface area contributed by atoms with E-state index in [1.165, 1.54) is 5.56 Å². The fourth-order valence-electron chi connectivity index (χ4n) is 3.37. The third kappa shape index (κ3) is 10.8. The van der Waals surface area contributed by atoms with E-state index in [0.29, 0.717) is 11.8 Å². The van der Waals surface area contributed by atoms with Gasteiger partial charge in [-0.05, 0) is 62.1 Å². The molecule has 1 aromatic rings.